The average Bonchev–Trinajstić information content (AvgIpc) is 3.76. The smallest absolute Gasteiger partial charge is 0.387 e. The summed E-state index contributed by atoms with van der Waals surface area (Å²) in [7, 11) is -14.7. The van der Waals surface area contributed by atoms with E-state index in [4.69, 9.17) is 30.2 Å². The van der Waals surface area contributed by atoms with Crippen molar-refractivity contribution in [2.45, 2.75) is 49.1 Å². The first kappa shape index (κ1) is 39.1. The molecule has 290 valence electrons. The van der Waals surface area contributed by atoms with Crippen molar-refractivity contribution in [2.75, 3.05) is 38.8 Å². The van der Waals surface area contributed by atoms with Gasteiger partial charge in [0.2, 0.25) is 5.95 Å². The predicted octanol–water partition coefficient (Wildman–Crippen LogP) is -3.74. The minimum Gasteiger partial charge on any atom is -0.387 e. The Balaban J connectivity index is 1.05. The lowest BCUT2D eigenvalue weighted by atomic mass is 10.1. The molecule has 28 nitrogen and oxygen atoms in total. The van der Waals surface area contributed by atoms with Crippen LogP contribution >= 0.6 is 23.5 Å². The van der Waals surface area contributed by atoms with Crippen molar-refractivity contribution in [3.63, 3.8) is 0 Å². The highest BCUT2D eigenvalue weighted by molar-refractivity contribution is 7.66. The zero-order chi connectivity index (χ0) is 38.8. The lowest BCUT2D eigenvalue weighted by molar-refractivity contribution is -0.552. The highest BCUT2D eigenvalue weighted by Crippen LogP contribution is 2.67. The summed E-state index contributed by atoms with van der Waals surface area (Å²) in [4.78, 5) is 71.0. The van der Waals surface area contributed by atoms with Gasteiger partial charge in [0, 0.05) is 7.11 Å². The van der Waals surface area contributed by atoms with Crippen LogP contribution in [0.5, 0.6) is 0 Å². The maximum absolute atomic E-state index is 12.6. The van der Waals surface area contributed by atoms with Crippen LogP contribution in [0.4, 0.5) is 23.4 Å². The van der Waals surface area contributed by atoms with Crippen LogP contribution in [-0.4, -0.2) is 145 Å². The molecule has 6 unspecified atom stereocenters. The van der Waals surface area contributed by atoms with Gasteiger partial charge in [0.25, 0.3) is 11.8 Å². The van der Waals surface area contributed by atoms with Gasteiger partial charge in [-0.05, 0) is 0 Å². The molecule has 12 N–H and O–H groups in total. The number of phosphoric ester groups is 2. The van der Waals surface area contributed by atoms with Crippen LogP contribution in [0.2, 0.25) is 0 Å². The summed E-state index contributed by atoms with van der Waals surface area (Å²) in [6, 6.07) is 2.72. The number of aliphatic hydroxyl groups excluding tert-OH is 3. The van der Waals surface area contributed by atoms with Crippen LogP contribution in [0.3, 0.4) is 0 Å². The molecule has 6 heterocycles. The Bertz CT molecular complexity index is 2280. The molecular formula is C22H31N10O18P3+2. The number of aromatic nitrogens is 6. The average molecular weight is 816 g/mol. The normalized spacial score (nSPS) is 30.4. The Morgan fingerprint density at radius 3 is 2.15 bits per heavy atom. The molecule has 3 aromatic rings. The number of aliphatic hydroxyl groups is 3. The molecule has 0 bridgehead atoms. The van der Waals surface area contributed by atoms with Gasteiger partial charge in [0.05, 0.1) is 24.5 Å². The molecule has 3 aliphatic heterocycles. The minimum absolute atomic E-state index is 0.0000824. The first-order chi connectivity index (χ1) is 24.7. The number of aromatic amines is 2. The molecular weight excluding hydrogens is 785 g/mol. The molecule has 3 aromatic heterocycles. The number of nitrogen functional groups attached to an aromatic ring is 2. The number of fused-ring (bicyclic) bond motifs is 2. The van der Waals surface area contributed by atoms with Crippen molar-refractivity contribution in [1.29, 1.82) is 0 Å². The number of phosphoric acid groups is 3. The summed E-state index contributed by atoms with van der Waals surface area (Å²) in [6.07, 6.45) is -11.2. The van der Waals surface area contributed by atoms with Crippen molar-refractivity contribution >= 4 is 64.0 Å². The number of hydrogen-bond acceptors (Lipinski definition) is 20. The Kier molecular flexibility index (Phi) is 10.5. The second kappa shape index (κ2) is 14.2. The highest BCUT2D eigenvalue weighted by atomic mass is 31.3. The first-order valence-electron chi connectivity index (χ1n) is 14.7. The molecule has 0 saturated carbocycles. The molecule has 2 fully saturated rings. The first-order valence-corrected chi connectivity index (χ1v) is 19.2. The van der Waals surface area contributed by atoms with E-state index in [0.29, 0.717) is 0 Å². The standard InChI is InChI=1S/C22H29N10O18P3/c1-30-6-32(16-10(30)18(37)29-22(24)27-16)20-13(35)14(44-2)8(48-20)4-46-52(40,41)50-53(42,43)49-51(38,39)45-3-7-11(33)12(34)19(47-7)31-5-25-9-15(31)26-21(23)28-17(9)36/h5,7-8,11-14,19-20,33-35H,3-4H2,1-2H3,(H7-2,23,24,26,27,28,29,36,37,38,39,40,41,42,43)/p+2/t7-,8-,11+,12?,13?,14?,19-,20-/m1/s1. The van der Waals surface area contributed by atoms with Crippen LogP contribution in [-0.2, 0) is 45.6 Å². The van der Waals surface area contributed by atoms with Crippen LogP contribution < -0.4 is 22.6 Å². The zero-order valence-electron chi connectivity index (χ0n) is 26.9. The molecule has 0 amide bonds. The SMILES string of the molecule is COC1C(O)[C@H]([N+]2=C=[N+](C)c3c2nc(N)[nH]c3=O)O[C@@H]1COP(=O)(O)OP(=O)(O)OP(=O)(O)OC[C@H]1O[C@@H](n2cnc3c(=O)[nH]c(N)nc32)C(O)[C@H]1O. The van der Waals surface area contributed by atoms with Gasteiger partial charge < -0.3 is 55.7 Å². The monoisotopic (exact) mass is 816 g/mol. The maximum atomic E-state index is 12.6. The Hall–Kier alpha value is -3.62. The molecule has 0 radical (unpaired) electrons. The predicted molar refractivity (Wildman–Crippen MR) is 168 cm³/mol. The van der Waals surface area contributed by atoms with Gasteiger partial charge in [-0.3, -0.25) is 33.2 Å². The Morgan fingerprint density at radius 2 is 1.51 bits per heavy atom. The van der Waals surface area contributed by atoms with Gasteiger partial charge >= 0.3 is 52.5 Å². The van der Waals surface area contributed by atoms with Crippen LogP contribution in [0.25, 0.3) is 11.2 Å². The number of H-pyrrole nitrogens is 2. The Morgan fingerprint density at radius 1 is 0.906 bits per heavy atom. The van der Waals surface area contributed by atoms with Crippen molar-refractivity contribution in [1.82, 2.24) is 29.5 Å². The lowest BCUT2D eigenvalue weighted by Gasteiger charge is -2.21. The molecule has 3 aliphatic rings. The van der Waals surface area contributed by atoms with Gasteiger partial charge in [-0.2, -0.15) is 13.6 Å². The number of ether oxygens (including phenoxy) is 3. The van der Waals surface area contributed by atoms with E-state index in [1.807, 2.05) is 0 Å². The Labute approximate surface area is 293 Å². The summed E-state index contributed by atoms with van der Waals surface area (Å²) in [5.74, 6) is -0.628. The quantitative estimate of drug-likeness (QED) is 0.0585. The second-order valence-corrected chi connectivity index (χ2v) is 16.0. The molecule has 6 rings (SSSR count). The summed E-state index contributed by atoms with van der Waals surface area (Å²) in [6.45, 7) is -2.04. The molecule has 0 aliphatic carbocycles. The maximum Gasteiger partial charge on any atom is 0.490 e. The summed E-state index contributed by atoms with van der Waals surface area (Å²) in [5.41, 5.74) is 9.50. The van der Waals surface area contributed by atoms with Gasteiger partial charge in [0.15, 0.2) is 23.5 Å². The van der Waals surface area contributed by atoms with Crippen LogP contribution in [0.15, 0.2) is 15.9 Å². The van der Waals surface area contributed by atoms with E-state index in [2.05, 4.69) is 44.1 Å². The number of methoxy groups -OCH3 is 1. The number of anilines is 2. The van der Waals surface area contributed by atoms with E-state index < -0.39 is 96.9 Å². The fraction of sp³-hybridized carbons (Fsp3) is 0.545. The van der Waals surface area contributed by atoms with E-state index in [9.17, 15) is 53.3 Å². The van der Waals surface area contributed by atoms with Crippen LogP contribution in [0.1, 0.15) is 6.23 Å². The van der Waals surface area contributed by atoms with E-state index in [0.717, 1.165) is 22.6 Å². The van der Waals surface area contributed by atoms with Crippen molar-refractivity contribution in [2.24, 2.45) is 0 Å². The summed E-state index contributed by atoms with van der Waals surface area (Å²) >= 11 is 0. The number of imidazole rings is 1. The molecule has 0 spiro atoms. The fourth-order valence-electron chi connectivity index (χ4n) is 5.62. The number of nitrogens with one attached hydrogen (secondary N) is 2. The third-order valence-electron chi connectivity index (χ3n) is 7.83. The largest absolute Gasteiger partial charge is 0.490 e. The molecule has 0 aromatic carbocycles. The number of rotatable bonds is 13. The van der Waals surface area contributed by atoms with Gasteiger partial charge in [-0.15, -0.1) is 4.58 Å². The van der Waals surface area contributed by atoms with E-state index >= 15 is 0 Å². The number of nitrogens with two attached hydrogens (primary N) is 2. The van der Waals surface area contributed by atoms with Crippen molar-refractivity contribution in [3.05, 3.63) is 27.0 Å². The van der Waals surface area contributed by atoms with E-state index in [-0.39, 0.29) is 34.6 Å². The molecule has 11 atom stereocenters. The fourth-order valence-corrected chi connectivity index (χ4v) is 9.14. The second-order valence-electron chi connectivity index (χ2n) is 11.4. The van der Waals surface area contributed by atoms with Crippen LogP contribution in [0, 0.1) is 0 Å². The van der Waals surface area contributed by atoms with Crippen molar-refractivity contribution in [3.8, 4) is 0 Å². The minimum atomic E-state index is -5.98. The summed E-state index contributed by atoms with van der Waals surface area (Å²) in [5, 5.41) is 31.9. The molecule has 53 heavy (non-hydrogen) atoms. The third-order valence-corrected chi connectivity index (χ3v) is 12.1. The zero-order valence-corrected chi connectivity index (χ0v) is 29.6. The topological polar surface area (TPSA) is 405 Å². The van der Waals surface area contributed by atoms with E-state index in [1.54, 1.807) is 0 Å². The van der Waals surface area contributed by atoms with Crippen molar-refractivity contribution < 1.29 is 84.7 Å². The van der Waals surface area contributed by atoms with Gasteiger partial charge in [-0.25, -0.2) is 18.7 Å². The van der Waals surface area contributed by atoms with Gasteiger partial charge in [0.1, 0.15) is 37.6 Å². The van der Waals surface area contributed by atoms with Gasteiger partial charge in [-0.1, -0.05) is 4.58 Å². The van der Waals surface area contributed by atoms with E-state index in [1.165, 1.54) is 11.6 Å². The molecule has 31 heteroatoms. The summed E-state index contributed by atoms with van der Waals surface area (Å²) < 4.78 is 75.0. The molecule has 2 saturated heterocycles. The third kappa shape index (κ3) is 7.82. The number of hydrogen-bond donors (Lipinski definition) is 10. The number of nitrogens with zero attached hydrogens (tertiary/aromatic N) is 6. The highest BCUT2D eigenvalue weighted by Gasteiger charge is 2.55. The lowest BCUT2D eigenvalue weighted by Crippen LogP contribution is -2.38.